The first-order valence-corrected chi connectivity index (χ1v) is 5.39. The summed E-state index contributed by atoms with van der Waals surface area (Å²) in [5.41, 5.74) is 5.23. The Morgan fingerprint density at radius 2 is 2.14 bits per heavy atom. The Labute approximate surface area is 85.2 Å². The van der Waals surface area contributed by atoms with Crippen molar-refractivity contribution in [2.45, 2.75) is 25.7 Å². The van der Waals surface area contributed by atoms with Crippen LogP contribution in [0.5, 0.6) is 0 Å². The maximum atomic E-state index is 11.0. The first-order valence-electron chi connectivity index (χ1n) is 5.39. The highest BCUT2D eigenvalue weighted by Crippen LogP contribution is 2.15. The molecule has 3 N–H and O–H groups in total. The molecule has 14 heavy (non-hydrogen) atoms. The molecule has 0 radical (unpaired) electrons. The Morgan fingerprint density at radius 1 is 1.43 bits per heavy atom. The van der Waals surface area contributed by atoms with Crippen molar-refractivity contribution in [1.29, 1.82) is 0 Å². The Balaban J connectivity index is 1.99. The lowest BCUT2D eigenvalue weighted by molar-refractivity contribution is -0.143. The summed E-state index contributed by atoms with van der Waals surface area (Å²) < 4.78 is 5.05. The number of nitrogens with one attached hydrogen (secondary N) is 1. The molecule has 4 nitrogen and oxygen atoms in total. The SMILES string of the molecule is NCCC(=O)OCCC1CCNCC1. The lowest BCUT2D eigenvalue weighted by atomic mass is 9.95. The summed E-state index contributed by atoms with van der Waals surface area (Å²) in [5, 5.41) is 3.31. The molecular weight excluding hydrogens is 180 g/mol. The van der Waals surface area contributed by atoms with E-state index in [1.54, 1.807) is 0 Å². The topological polar surface area (TPSA) is 64.4 Å². The summed E-state index contributed by atoms with van der Waals surface area (Å²) in [5.74, 6) is 0.559. The van der Waals surface area contributed by atoms with Gasteiger partial charge in [0, 0.05) is 6.54 Å². The van der Waals surface area contributed by atoms with Gasteiger partial charge in [0.1, 0.15) is 0 Å². The Hall–Kier alpha value is -0.610. The summed E-state index contributed by atoms with van der Waals surface area (Å²) in [4.78, 5) is 11.0. The molecule has 0 aromatic rings. The molecule has 1 aliphatic rings. The number of esters is 1. The third-order valence-corrected chi connectivity index (χ3v) is 2.60. The number of ether oxygens (including phenoxy) is 1. The summed E-state index contributed by atoms with van der Waals surface area (Å²) in [6, 6.07) is 0. The minimum absolute atomic E-state index is 0.165. The van der Waals surface area contributed by atoms with E-state index in [1.165, 1.54) is 12.8 Å². The van der Waals surface area contributed by atoms with Crippen LogP contribution in [-0.4, -0.2) is 32.2 Å². The van der Waals surface area contributed by atoms with E-state index in [9.17, 15) is 4.79 Å². The number of nitrogens with two attached hydrogens (primary N) is 1. The molecule has 4 heteroatoms. The van der Waals surface area contributed by atoms with E-state index in [1.807, 2.05) is 0 Å². The minimum Gasteiger partial charge on any atom is -0.466 e. The lowest BCUT2D eigenvalue weighted by Gasteiger charge is -2.22. The maximum Gasteiger partial charge on any atom is 0.307 e. The van der Waals surface area contributed by atoms with Crippen LogP contribution < -0.4 is 11.1 Å². The van der Waals surface area contributed by atoms with Crippen molar-refractivity contribution < 1.29 is 9.53 Å². The monoisotopic (exact) mass is 200 g/mol. The fourth-order valence-electron chi connectivity index (χ4n) is 1.70. The average molecular weight is 200 g/mol. The van der Waals surface area contributed by atoms with Crippen LogP contribution in [0, 0.1) is 5.92 Å². The predicted molar refractivity (Wildman–Crippen MR) is 54.8 cm³/mol. The standard InChI is InChI=1S/C10H20N2O2/c11-5-1-10(13)14-8-4-9-2-6-12-7-3-9/h9,12H,1-8,11H2. The minimum atomic E-state index is -0.165. The van der Waals surface area contributed by atoms with E-state index in [0.717, 1.165) is 25.4 Å². The van der Waals surface area contributed by atoms with Crippen LogP contribution in [0.2, 0.25) is 0 Å². The second kappa shape index (κ2) is 6.79. The summed E-state index contributed by atoms with van der Waals surface area (Å²) >= 11 is 0. The van der Waals surface area contributed by atoms with E-state index in [0.29, 0.717) is 19.6 Å². The van der Waals surface area contributed by atoms with Gasteiger partial charge in [-0.15, -0.1) is 0 Å². The number of hydrogen-bond donors (Lipinski definition) is 2. The fraction of sp³-hybridized carbons (Fsp3) is 0.900. The van der Waals surface area contributed by atoms with Crippen molar-refractivity contribution >= 4 is 5.97 Å². The molecule has 0 spiro atoms. The molecule has 0 atom stereocenters. The normalized spacial score (nSPS) is 18.1. The average Bonchev–Trinajstić information content (AvgIpc) is 2.20. The molecule has 1 fully saturated rings. The Bertz CT molecular complexity index is 168. The molecule has 0 bridgehead atoms. The van der Waals surface area contributed by atoms with Crippen LogP contribution in [0.25, 0.3) is 0 Å². The molecule has 0 saturated carbocycles. The quantitative estimate of drug-likeness (QED) is 0.625. The summed E-state index contributed by atoms with van der Waals surface area (Å²) in [7, 11) is 0. The molecule has 1 saturated heterocycles. The molecule has 0 aromatic heterocycles. The van der Waals surface area contributed by atoms with Gasteiger partial charge in [0.15, 0.2) is 0 Å². The summed E-state index contributed by atoms with van der Waals surface area (Å²) in [6.07, 6.45) is 3.74. The zero-order valence-electron chi connectivity index (χ0n) is 8.63. The lowest BCUT2D eigenvalue weighted by Crippen LogP contribution is -2.28. The van der Waals surface area contributed by atoms with Gasteiger partial charge in [-0.1, -0.05) is 0 Å². The van der Waals surface area contributed by atoms with E-state index in [-0.39, 0.29) is 5.97 Å². The van der Waals surface area contributed by atoms with Gasteiger partial charge < -0.3 is 15.8 Å². The molecule has 1 rings (SSSR count). The van der Waals surface area contributed by atoms with Gasteiger partial charge >= 0.3 is 5.97 Å². The Morgan fingerprint density at radius 3 is 2.79 bits per heavy atom. The first-order chi connectivity index (χ1) is 6.83. The second-order valence-electron chi connectivity index (χ2n) is 3.74. The largest absolute Gasteiger partial charge is 0.466 e. The number of carbonyl (C=O) groups excluding carboxylic acids is 1. The number of rotatable bonds is 5. The van der Waals surface area contributed by atoms with E-state index in [4.69, 9.17) is 10.5 Å². The third-order valence-electron chi connectivity index (χ3n) is 2.60. The molecule has 1 heterocycles. The zero-order valence-corrected chi connectivity index (χ0v) is 8.63. The zero-order chi connectivity index (χ0) is 10.2. The van der Waals surface area contributed by atoms with Crippen molar-refractivity contribution in [3.63, 3.8) is 0 Å². The van der Waals surface area contributed by atoms with Crippen LogP contribution in [-0.2, 0) is 9.53 Å². The van der Waals surface area contributed by atoms with E-state index >= 15 is 0 Å². The fourth-order valence-corrected chi connectivity index (χ4v) is 1.70. The smallest absolute Gasteiger partial charge is 0.307 e. The number of carbonyl (C=O) groups is 1. The number of hydrogen-bond acceptors (Lipinski definition) is 4. The highest BCUT2D eigenvalue weighted by Gasteiger charge is 2.13. The van der Waals surface area contributed by atoms with Crippen molar-refractivity contribution in [1.82, 2.24) is 5.32 Å². The molecular formula is C10H20N2O2. The first kappa shape index (κ1) is 11.5. The van der Waals surface area contributed by atoms with Gasteiger partial charge in [0.05, 0.1) is 13.0 Å². The predicted octanol–water partition coefficient (Wildman–Crippen LogP) is 0.268. The van der Waals surface area contributed by atoms with Crippen LogP contribution in [0.1, 0.15) is 25.7 Å². The van der Waals surface area contributed by atoms with Gasteiger partial charge in [-0.2, -0.15) is 0 Å². The van der Waals surface area contributed by atoms with Crippen molar-refractivity contribution in [3.05, 3.63) is 0 Å². The summed E-state index contributed by atoms with van der Waals surface area (Å²) in [6.45, 7) is 3.14. The van der Waals surface area contributed by atoms with Crippen LogP contribution in [0.4, 0.5) is 0 Å². The van der Waals surface area contributed by atoms with Gasteiger partial charge in [-0.25, -0.2) is 0 Å². The van der Waals surface area contributed by atoms with Crippen molar-refractivity contribution in [3.8, 4) is 0 Å². The second-order valence-corrected chi connectivity index (χ2v) is 3.74. The van der Waals surface area contributed by atoms with Gasteiger partial charge in [-0.05, 0) is 38.3 Å². The third kappa shape index (κ3) is 4.58. The van der Waals surface area contributed by atoms with Crippen LogP contribution in [0.3, 0.4) is 0 Å². The van der Waals surface area contributed by atoms with Gasteiger partial charge in [-0.3, -0.25) is 4.79 Å². The van der Waals surface area contributed by atoms with Crippen molar-refractivity contribution in [2.24, 2.45) is 11.7 Å². The molecule has 1 aliphatic heterocycles. The van der Waals surface area contributed by atoms with Crippen LogP contribution >= 0.6 is 0 Å². The van der Waals surface area contributed by atoms with Crippen LogP contribution in [0.15, 0.2) is 0 Å². The molecule has 0 aliphatic carbocycles. The number of piperidine rings is 1. The Kier molecular flexibility index (Phi) is 5.56. The van der Waals surface area contributed by atoms with Crippen molar-refractivity contribution in [2.75, 3.05) is 26.2 Å². The molecule has 0 amide bonds. The molecule has 0 aromatic carbocycles. The highest BCUT2D eigenvalue weighted by atomic mass is 16.5. The molecule has 0 unspecified atom stereocenters. The van der Waals surface area contributed by atoms with Gasteiger partial charge in [0.2, 0.25) is 0 Å². The van der Waals surface area contributed by atoms with E-state index < -0.39 is 0 Å². The van der Waals surface area contributed by atoms with Gasteiger partial charge in [0.25, 0.3) is 0 Å². The van der Waals surface area contributed by atoms with E-state index in [2.05, 4.69) is 5.32 Å². The highest BCUT2D eigenvalue weighted by molar-refractivity contribution is 5.69. The molecule has 82 valence electrons. The maximum absolute atomic E-state index is 11.0.